The van der Waals surface area contributed by atoms with Crippen LogP contribution in [-0.4, -0.2) is 12.6 Å². The molecule has 0 aliphatic carbocycles. The summed E-state index contributed by atoms with van der Waals surface area (Å²) in [5.41, 5.74) is 0.0533. The molecule has 3 nitrogen and oxygen atoms in total. The van der Waals surface area contributed by atoms with E-state index in [1.54, 1.807) is 0 Å². The summed E-state index contributed by atoms with van der Waals surface area (Å²) in [6.07, 6.45) is -3.24. The maximum atomic E-state index is 12.7. The largest absolute Gasteiger partial charge is 0.586 e. The van der Waals surface area contributed by atoms with Crippen LogP contribution in [-0.2, 0) is 0 Å². The number of alkyl halides is 2. The lowest BCUT2D eigenvalue weighted by molar-refractivity contribution is -0.287. The topological polar surface area (TPSA) is 35.5 Å². The molecular weight excluding hydrogens is 309 g/mol. The second-order valence-corrected chi connectivity index (χ2v) is 3.74. The van der Waals surface area contributed by atoms with Gasteiger partial charge in [-0.05, 0) is 34.7 Å². The fraction of sp³-hybridized carbons (Fsp3) is 0.125. The number of rotatable bonds is 1. The first kappa shape index (κ1) is 9.63. The lowest BCUT2D eigenvalue weighted by atomic mass is 10.2. The highest BCUT2D eigenvalue weighted by Crippen LogP contribution is 2.45. The van der Waals surface area contributed by atoms with Gasteiger partial charge < -0.3 is 9.47 Å². The number of hydrogen-bond acceptors (Lipinski definition) is 3. The van der Waals surface area contributed by atoms with Gasteiger partial charge in [-0.2, -0.15) is 0 Å². The van der Waals surface area contributed by atoms with Gasteiger partial charge in [0.2, 0.25) is 0 Å². The molecule has 1 aromatic carbocycles. The van der Waals surface area contributed by atoms with E-state index < -0.39 is 6.29 Å². The van der Waals surface area contributed by atoms with E-state index in [-0.39, 0.29) is 17.1 Å². The first-order valence-corrected chi connectivity index (χ1v) is 4.65. The van der Waals surface area contributed by atoms with Gasteiger partial charge in [-0.3, -0.25) is 4.79 Å². The van der Waals surface area contributed by atoms with Gasteiger partial charge in [0, 0.05) is 0 Å². The van der Waals surface area contributed by atoms with Crippen LogP contribution in [0.25, 0.3) is 0 Å². The van der Waals surface area contributed by atoms with E-state index in [0.29, 0.717) is 9.86 Å². The Kier molecular flexibility index (Phi) is 2.09. The Labute approximate surface area is 91.1 Å². The maximum Gasteiger partial charge on any atom is 0.586 e. The number of halogens is 3. The molecule has 74 valence electrons. The number of fused-ring (bicyclic) bond motifs is 1. The fourth-order valence-corrected chi connectivity index (χ4v) is 1.64. The molecule has 0 spiro atoms. The van der Waals surface area contributed by atoms with Crippen LogP contribution < -0.4 is 9.47 Å². The molecule has 2 rings (SSSR count). The number of carbonyl (C=O) groups is 1. The van der Waals surface area contributed by atoms with Crippen molar-refractivity contribution in [2.75, 3.05) is 0 Å². The Morgan fingerprint density at radius 3 is 2.57 bits per heavy atom. The fourth-order valence-electron chi connectivity index (χ4n) is 1.11. The zero-order chi connectivity index (χ0) is 10.3. The average molecular weight is 312 g/mol. The van der Waals surface area contributed by atoms with Crippen molar-refractivity contribution in [1.29, 1.82) is 0 Å². The van der Waals surface area contributed by atoms with Crippen molar-refractivity contribution in [3.63, 3.8) is 0 Å². The minimum Gasteiger partial charge on any atom is -0.394 e. The molecule has 0 bridgehead atoms. The van der Waals surface area contributed by atoms with E-state index >= 15 is 0 Å². The zero-order valence-corrected chi connectivity index (χ0v) is 8.75. The first-order chi connectivity index (χ1) is 6.53. The Balaban J connectivity index is 2.58. The van der Waals surface area contributed by atoms with E-state index in [1.807, 2.05) is 22.6 Å². The normalized spacial score (nSPS) is 16.8. The van der Waals surface area contributed by atoms with E-state index in [9.17, 15) is 13.6 Å². The maximum absolute atomic E-state index is 12.7. The van der Waals surface area contributed by atoms with Crippen molar-refractivity contribution in [3.05, 3.63) is 21.3 Å². The molecule has 0 fully saturated rings. The molecule has 0 amide bonds. The zero-order valence-electron chi connectivity index (χ0n) is 6.59. The van der Waals surface area contributed by atoms with E-state index in [2.05, 4.69) is 9.47 Å². The van der Waals surface area contributed by atoms with Crippen LogP contribution in [0.3, 0.4) is 0 Å². The number of carbonyl (C=O) groups excluding carboxylic acids is 1. The number of benzene rings is 1. The van der Waals surface area contributed by atoms with Gasteiger partial charge in [-0.1, -0.05) is 0 Å². The Morgan fingerprint density at radius 2 is 1.93 bits per heavy atom. The van der Waals surface area contributed by atoms with Crippen LogP contribution in [0.2, 0.25) is 0 Å². The quantitative estimate of drug-likeness (QED) is 0.590. The third-order valence-corrected chi connectivity index (χ3v) is 2.51. The molecule has 6 heteroatoms. The third kappa shape index (κ3) is 1.43. The van der Waals surface area contributed by atoms with Gasteiger partial charge in [0.15, 0.2) is 17.8 Å². The van der Waals surface area contributed by atoms with Crippen molar-refractivity contribution < 1.29 is 23.0 Å². The summed E-state index contributed by atoms with van der Waals surface area (Å²) < 4.78 is 34.3. The van der Waals surface area contributed by atoms with Crippen LogP contribution in [0.4, 0.5) is 8.78 Å². The molecule has 14 heavy (non-hydrogen) atoms. The van der Waals surface area contributed by atoms with Gasteiger partial charge in [-0.25, -0.2) is 0 Å². The summed E-state index contributed by atoms with van der Waals surface area (Å²) in [4.78, 5) is 10.5. The number of hydrogen-bond donors (Lipinski definition) is 0. The van der Waals surface area contributed by atoms with Crippen molar-refractivity contribution in [1.82, 2.24) is 0 Å². The van der Waals surface area contributed by atoms with Crippen LogP contribution in [0.5, 0.6) is 11.5 Å². The molecule has 0 saturated carbocycles. The van der Waals surface area contributed by atoms with Crippen LogP contribution in [0.1, 0.15) is 10.4 Å². The first-order valence-electron chi connectivity index (χ1n) is 3.57. The van der Waals surface area contributed by atoms with Gasteiger partial charge >= 0.3 is 6.29 Å². The van der Waals surface area contributed by atoms with Gasteiger partial charge in [0.25, 0.3) is 0 Å². The molecule has 0 N–H and O–H groups in total. The molecule has 1 aliphatic rings. The predicted molar refractivity (Wildman–Crippen MR) is 50.7 cm³/mol. The van der Waals surface area contributed by atoms with Crippen LogP contribution >= 0.6 is 22.6 Å². The highest BCUT2D eigenvalue weighted by molar-refractivity contribution is 14.1. The molecule has 1 heterocycles. The molecule has 0 saturated heterocycles. The second-order valence-electron chi connectivity index (χ2n) is 2.58. The summed E-state index contributed by atoms with van der Waals surface area (Å²) in [6.45, 7) is 0. The summed E-state index contributed by atoms with van der Waals surface area (Å²) >= 11 is 1.82. The SMILES string of the molecule is O=Cc1ccc(I)c2c1OC(F)(F)O2. The Morgan fingerprint density at radius 1 is 1.29 bits per heavy atom. The highest BCUT2D eigenvalue weighted by Gasteiger charge is 2.45. The molecule has 0 radical (unpaired) electrons. The summed E-state index contributed by atoms with van der Waals surface area (Å²) in [6, 6.07) is 2.91. The van der Waals surface area contributed by atoms with E-state index in [1.165, 1.54) is 12.1 Å². The molecule has 0 atom stereocenters. The van der Waals surface area contributed by atoms with Crippen molar-refractivity contribution in [2.45, 2.75) is 6.29 Å². The molecule has 1 aliphatic heterocycles. The van der Waals surface area contributed by atoms with Crippen molar-refractivity contribution >= 4 is 28.9 Å². The van der Waals surface area contributed by atoms with Crippen LogP contribution in [0, 0.1) is 3.57 Å². The molecule has 0 aromatic heterocycles. The van der Waals surface area contributed by atoms with Gasteiger partial charge in [0.1, 0.15) is 0 Å². The Hall–Kier alpha value is -0.920. The van der Waals surface area contributed by atoms with E-state index in [4.69, 9.17) is 0 Å². The molecule has 1 aromatic rings. The van der Waals surface area contributed by atoms with Crippen LogP contribution in [0.15, 0.2) is 12.1 Å². The third-order valence-electron chi connectivity index (χ3n) is 1.66. The lowest BCUT2D eigenvalue weighted by Gasteiger charge is -2.04. The summed E-state index contributed by atoms with van der Waals surface area (Å²) in [5, 5.41) is 0. The Bertz CT molecular complexity index is 406. The van der Waals surface area contributed by atoms with Gasteiger partial charge in [0.05, 0.1) is 9.13 Å². The minimum atomic E-state index is -3.68. The standard InChI is InChI=1S/C8H3F2IO3/c9-8(10)13-6-4(3-12)1-2-5(11)7(6)14-8/h1-3H. The highest BCUT2D eigenvalue weighted by atomic mass is 127. The van der Waals surface area contributed by atoms with E-state index in [0.717, 1.165) is 0 Å². The van der Waals surface area contributed by atoms with Gasteiger partial charge in [-0.15, -0.1) is 8.78 Å². The number of aldehydes is 1. The lowest BCUT2D eigenvalue weighted by Crippen LogP contribution is -2.26. The smallest absolute Gasteiger partial charge is 0.394 e. The summed E-state index contributed by atoms with van der Waals surface area (Å²) in [5.74, 6) is -0.280. The summed E-state index contributed by atoms with van der Waals surface area (Å²) in [7, 11) is 0. The minimum absolute atomic E-state index is 0.0533. The van der Waals surface area contributed by atoms with Crippen molar-refractivity contribution in [2.24, 2.45) is 0 Å². The predicted octanol–water partition coefficient (Wildman–Crippen LogP) is 2.43. The monoisotopic (exact) mass is 312 g/mol. The number of ether oxygens (including phenoxy) is 2. The second kappa shape index (κ2) is 3.04. The average Bonchev–Trinajstić information content (AvgIpc) is 2.42. The molecule has 0 unspecified atom stereocenters. The van der Waals surface area contributed by atoms with Crippen molar-refractivity contribution in [3.8, 4) is 11.5 Å². The molecular formula is C8H3F2IO3.